The highest BCUT2D eigenvalue weighted by Gasteiger charge is 2.45. The van der Waals surface area contributed by atoms with Gasteiger partial charge in [-0.15, -0.1) is 0 Å². The number of morpholine rings is 1. The molecule has 402 valence electrons. The molecular weight excluding hydrogens is 865 g/mol. The quantitative estimate of drug-likeness (QED) is 0.0319. The maximum Gasteiger partial charge on any atom is 0.410 e. The number of ether oxygens (including phenoxy) is 4. The molecule has 13 heteroatoms. The van der Waals surface area contributed by atoms with Gasteiger partial charge >= 0.3 is 6.09 Å². The first kappa shape index (κ1) is 62.5. The summed E-state index contributed by atoms with van der Waals surface area (Å²) in [5, 5.41) is 57.4. The van der Waals surface area contributed by atoms with Gasteiger partial charge in [0.2, 0.25) is 5.91 Å². The molecule has 2 rings (SSSR count). The van der Waals surface area contributed by atoms with Crippen molar-refractivity contribution in [3.05, 3.63) is 0 Å². The number of carbonyl (C=O) groups is 2. The van der Waals surface area contributed by atoms with Gasteiger partial charge in [0.15, 0.2) is 6.29 Å². The monoisotopic (exact) mass is 971 g/mol. The molecule has 8 atom stereocenters. The first-order valence-corrected chi connectivity index (χ1v) is 28.7. The van der Waals surface area contributed by atoms with Gasteiger partial charge in [0.1, 0.15) is 37.1 Å². The summed E-state index contributed by atoms with van der Waals surface area (Å²) in [6.07, 6.45) is 34.0. The molecule has 0 aromatic carbocycles. The normalized spacial score (nSPS) is 21.2. The Labute approximate surface area is 414 Å². The number of nitrogens with zero attached hydrogens (tertiary/aromatic N) is 1. The fraction of sp³-hybridized carbons (Fsp3) is 0.964. The van der Waals surface area contributed by atoms with Gasteiger partial charge in [-0.05, 0) is 12.8 Å². The highest BCUT2D eigenvalue weighted by atomic mass is 16.7. The highest BCUT2D eigenvalue weighted by molar-refractivity contribution is 5.76. The van der Waals surface area contributed by atoms with Crippen LogP contribution >= 0.6 is 0 Å². The van der Waals surface area contributed by atoms with E-state index in [1.807, 2.05) is 0 Å². The Kier molecular flexibility index (Phi) is 39.6. The fourth-order valence-electron chi connectivity index (χ4n) is 9.59. The van der Waals surface area contributed by atoms with Crippen LogP contribution in [0.15, 0.2) is 0 Å². The van der Waals surface area contributed by atoms with Gasteiger partial charge in [0, 0.05) is 19.5 Å². The second-order valence-electron chi connectivity index (χ2n) is 20.5. The molecule has 2 heterocycles. The van der Waals surface area contributed by atoms with Crippen molar-refractivity contribution in [2.24, 2.45) is 0 Å². The fourth-order valence-corrected chi connectivity index (χ4v) is 9.59. The number of aliphatic hydroxyl groups excluding tert-OH is 5. The van der Waals surface area contributed by atoms with Crippen LogP contribution in [0.1, 0.15) is 251 Å². The van der Waals surface area contributed by atoms with Crippen LogP contribution in [0.2, 0.25) is 0 Å². The molecule has 2 amide bonds. The second kappa shape index (κ2) is 43.0. The summed E-state index contributed by atoms with van der Waals surface area (Å²) in [6, 6.07) is -1.03. The SMILES string of the molecule is CCCCCCCCCCCCCCCCCCCCCCCCCC(=O)NC(CO[C@H]1O[C@H](COC(=O)N2CCOCC2)[C@H](O)[C@H](O)[C@H]1O)C(O)C(O)CCCCCCCCCCCCCC. The summed E-state index contributed by atoms with van der Waals surface area (Å²) in [7, 11) is 0. The zero-order valence-corrected chi connectivity index (χ0v) is 43.7. The van der Waals surface area contributed by atoms with Crippen LogP contribution < -0.4 is 5.32 Å². The van der Waals surface area contributed by atoms with E-state index in [1.165, 1.54) is 178 Å². The molecule has 6 N–H and O–H groups in total. The van der Waals surface area contributed by atoms with Crippen molar-refractivity contribution in [2.75, 3.05) is 39.5 Å². The Morgan fingerprint density at radius 1 is 0.559 bits per heavy atom. The molecule has 2 aliphatic heterocycles. The smallest absolute Gasteiger partial charge is 0.410 e. The molecule has 2 saturated heterocycles. The number of aliphatic hydroxyl groups is 5. The number of unbranched alkanes of at least 4 members (excludes halogenated alkanes) is 33. The van der Waals surface area contributed by atoms with E-state index in [-0.39, 0.29) is 18.9 Å². The van der Waals surface area contributed by atoms with E-state index in [9.17, 15) is 35.1 Å². The lowest BCUT2D eigenvalue weighted by Gasteiger charge is -2.40. The average Bonchev–Trinajstić information content (AvgIpc) is 3.35. The summed E-state index contributed by atoms with van der Waals surface area (Å²) in [5.41, 5.74) is 0. The number of hydrogen-bond donors (Lipinski definition) is 6. The number of hydrogen-bond acceptors (Lipinski definition) is 11. The average molecular weight is 971 g/mol. The van der Waals surface area contributed by atoms with Crippen molar-refractivity contribution in [1.82, 2.24) is 10.2 Å². The summed E-state index contributed by atoms with van der Waals surface area (Å²) in [5.74, 6) is -0.271. The van der Waals surface area contributed by atoms with E-state index in [1.54, 1.807) is 0 Å². The minimum absolute atomic E-state index is 0.265. The maximum absolute atomic E-state index is 13.2. The third kappa shape index (κ3) is 31.0. The molecule has 13 nitrogen and oxygen atoms in total. The predicted molar refractivity (Wildman–Crippen MR) is 272 cm³/mol. The highest BCUT2D eigenvalue weighted by Crippen LogP contribution is 2.24. The zero-order valence-electron chi connectivity index (χ0n) is 43.7. The van der Waals surface area contributed by atoms with Crippen LogP contribution in [0.4, 0.5) is 4.79 Å². The summed E-state index contributed by atoms with van der Waals surface area (Å²) < 4.78 is 22.3. The van der Waals surface area contributed by atoms with Crippen LogP contribution in [0.5, 0.6) is 0 Å². The summed E-state index contributed by atoms with van der Waals surface area (Å²) >= 11 is 0. The van der Waals surface area contributed by atoms with Crippen LogP contribution in [0, 0.1) is 0 Å². The topological polar surface area (TPSA) is 187 Å². The van der Waals surface area contributed by atoms with Crippen molar-refractivity contribution in [3.63, 3.8) is 0 Å². The van der Waals surface area contributed by atoms with Gasteiger partial charge in [0.05, 0.1) is 32.0 Å². The van der Waals surface area contributed by atoms with E-state index >= 15 is 0 Å². The van der Waals surface area contributed by atoms with E-state index in [0.29, 0.717) is 39.1 Å². The molecule has 0 aromatic rings. The number of carbonyl (C=O) groups excluding carboxylic acids is 2. The third-order valence-corrected chi connectivity index (χ3v) is 14.3. The lowest BCUT2D eigenvalue weighted by atomic mass is 9.98. The number of rotatable bonds is 45. The summed E-state index contributed by atoms with van der Waals surface area (Å²) in [4.78, 5) is 27.3. The van der Waals surface area contributed by atoms with Crippen LogP contribution in [0.3, 0.4) is 0 Å². The molecule has 2 aliphatic rings. The second-order valence-corrected chi connectivity index (χ2v) is 20.5. The Hall–Kier alpha value is -1.58. The van der Waals surface area contributed by atoms with Gasteiger partial charge in [-0.2, -0.15) is 0 Å². The zero-order chi connectivity index (χ0) is 49.3. The molecule has 68 heavy (non-hydrogen) atoms. The van der Waals surface area contributed by atoms with E-state index in [4.69, 9.17) is 18.9 Å². The van der Waals surface area contributed by atoms with Gasteiger partial charge in [-0.1, -0.05) is 232 Å². The van der Waals surface area contributed by atoms with Gasteiger partial charge < -0.3 is 54.7 Å². The van der Waals surface area contributed by atoms with Crippen molar-refractivity contribution >= 4 is 12.0 Å². The standard InChI is InChI=1S/C55H106N2O11/c1-3-5-7-9-11-13-15-17-18-19-20-21-22-23-24-25-26-27-29-31-33-35-37-39-49(59)56-46(50(60)47(58)38-36-34-32-30-28-16-14-12-10-8-6-4-2)44-66-54-53(63)52(62)51(61)48(68-54)45-67-55(64)57-40-42-65-43-41-57/h46-48,50-54,58,60-63H,3-45H2,1-2H3,(H,56,59)/t46?,47?,48-,50?,51+,52+,53-,54+/m1/s1. The van der Waals surface area contributed by atoms with E-state index in [2.05, 4.69) is 19.2 Å². The van der Waals surface area contributed by atoms with Crippen molar-refractivity contribution in [2.45, 2.75) is 300 Å². The Balaban J connectivity index is 1.70. The largest absolute Gasteiger partial charge is 0.447 e. The molecule has 0 bridgehead atoms. The van der Waals surface area contributed by atoms with Gasteiger partial charge in [-0.3, -0.25) is 4.79 Å². The van der Waals surface area contributed by atoms with Crippen LogP contribution in [-0.4, -0.2) is 131 Å². The van der Waals surface area contributed by atoms with Crippen molar-refractivity contribution in [3.8, 4) is 0 Å². The predicted octanol–water partition coefficient (Wildman–Crippen LogP) is 11.0. The van der Waals surface area contributed by atoms with Gasteiger partial charge in [-0.25, -0.2) is 4.79 Å². The molecule has 0 aromatic heterocycles. The molecular formula is C55H106N2O11. The van der Waals surface area contributed by atoms with Gasteiger partial charge in [0.25, 0.3) is 0 Å². The lowest BCUT2D eigenvalue weighted by Crippen LogP contribution is -2.60. The van der Waals surface area contributed by atoms with Crippen molar-refractivity contribution < 1.29 is 54.1 Å². The van der Waals surface area contributed by atoms with E-state index in [0.717, 1.165) is 44.9 Å². The third-order valence-electron chi connectivity index (χ3n) is 14.3. The minimum Gasteiger partial charge on any atom is -0.447 e. The maximum atomic E-state index is 13.2. The molecule has 0 aliphatic carbocycles. The number of amides is 2. The minimum atomic E-state index is -1.67. The van der Waals surface area contributed by atoms with E-state index < -0.39 is 61.7 Å². The first-order valence-electron chi connectivity index (χ1n) is 28.7. The Morgan fingerprint density at radius 2 is 0.956 bits per heavy atom. The molecule has 0 spiro atoms. The molecule has 2 fully saturated rings. The Bertz CT molecular complexity index is 1160. The molecule has 0 saturated carbocycles. The first-order chi connectivity index (χ1) is 33.2. The molecule has 0 radical (unpaired) electrons. The number of nitrogens with one attached hydrogen (secondary N) is 1. The Morgan fingerprint density at radius 3 is 1.38 bits per heavy atom. The van der Waals surface area contributed by atoms with Crippen LogP contribution in [-0.2, 0) is 23.7 Å². The molecule has 3 unspecified atom stereocenters. The summed E-state index contributed by atoms with van der Waals surface area (Å²) in [6.45, 7) is 5.27. The van der Waals surface area contributed by atoms with Crippen molar-refractivity contribution in [1.29, 1.82) is 0 Å². The lowest BCUT2D eigenvalue weighted by molar-refractivity contribution is -0.303. The van der Waals surface area contributed by atoms with Crippen LogP contribution in [0.25, 0.3) is 0 Å².